The van der Waals surface area contributed by atoms with E-state index in [-0.39, 0.29) is 12.5 Å². The lowest BCUT2D eigenvalue weighted by atomic mass is 10.0. The van der Waals surface area contributed by atoms with E-state index in [1.807, 2.05) is 52.1 Å². The van der Waals surface area contributed by atoms with E-state index in [1.54, 1.807) is 18.6 Å². The Bertz CT molecular complexity index is 1370. The van der Waals surface area contributed by atoms with E-state index in [0.29, 0.717) is 37.8 Å². The van der Waals surface area contributed by atoms with Crippen molar-refractivity contribution in [1.29, 1.82) is 5.26 Å². The lowest BCUT2D eigenvalue weighted by molar-refractivity contribution is -0.132. The molecule has 9 nitrogen and oxygen atoms in total. The zero-order valence-electron chi connectivity index (χ0n) is 18.8. The molecule has 0 unspecified atom stereocenters. The molecule has 0 radical (unpaired) electrons. The molecule has 0 N–H and O–H groups in total. The summed E-state index contributed by atoms with van der Waals surface area (Å²) in [6.45, 7) is 2.87. The van der Waals surface area contributed by atoms with Gasteiger partial charge in [-0.1, -0.05) is 0 Å². The summed E-state index contributed by atoms with van der Waals surface area (Å²) in [5, 5.41) is 10.4. The summed E-state index contributed by atoms with van der Waals surface area (Å²) in [6.07, 6.45) is 7.04. The Kier molecular flexibility index (Phi) is 5.79. The summed E-state index contributed by atoms with van der Waals surface area (Å²) in [5.41, 5.74) is 4.06. The van der Waals surface area contributed by atoms with Crippen LogP contribution in [0.2, 0.25) is 0 Å². The number of nitrogens with zero attached hydrogens (tertiary/aromatic N) is 7. The van der Waals surface area contributed by atoms with Gasteiger partial charge in [0.05, 0.1) is 18.7 Å². The molecule has 4 aromatic rings. The standard InChI is InChI=1S/C25H23N7O2/c1-34-25-28-15-20(16-29-25)21-13-18(14-26)4-5-22(21)30-9-11-31(12-10-30)23(33)17-32-8-6-19-3-2-7-27-24(19)32/h2-8,13,15-16H,9-12,17H2,1H3. The highest BCUT2D eigenvalue weighted by atomic mass is 16.5. The van der Waals surface area contributed by atoms with Crippen LogP contribution in [0, 0.1) is 11.3 Å². The molecule has 3 aromatic heterocycles. The van der Waals surface area contributed by atoms with Gasteiger partial charge in [0, 0.05) is 73.2 Å². The highest BCUT2D eigenvalue weighted by Crippen LogP contribution is 2.32. The van der Waals surface area contributed by atoms with E-state index in [9.17, 15) is 10.1 Å². The number of benzene rings is 1. The Labute approximate surface area is 196 Å². The molecular weight excluding hydrogens is 430 g/mol. The van der Waals surface area contributed by atoms with Crippen molar-refractivity contribution in [2.45, 2.75) is 6.54 Å². The van der Waals surface area contributed by atoms with E-state index < -0.39 is 0 Å². The minimum atomic E-state index is 0.0754. The summed E-state index contributed by atoms with van der Waals surface area (Å²) in [7, 11) is 1.52. The van der Waals surface area contributed by atoms with Crippen LogP contribution >= 0.6 is 0 Å². The Morgan fingerprint density at radius 2 is 1.88 bits per heavy atom. The quantitative estimate of drug-likeness (QED) is 0.458. The molecular formula is C25H23N7O2. The summed E-state index contributed by atoms with van der Waals surface area (Å²) >= 11 is 0. The zero-order valence-corrected chi connectivity index (χ0v) is 18.8. The second kappa shape index (κ2) is 9.19. The van der Waals surface area contributed by atoms with Gasteiger partial charge in [-0.2, -0.15) is 5.26 Å². The fraction of sp³-hybridized carbons (Fsp3) is 0.240. The number of carbonyl (C=O) groups excluding carboxylic acids is 1. The normalized spacial score (nSPS) is 13.6. The lowest BCUT2D eigenvalue weighted by Gasteiger charge is -2.37. The number of hydrogen-bond acceptors (Lipinski definition) is 7. The molecule has 1 amide bonds. The summed E-state index contributed by atoms with van der Waals surface area (Å²) in [5.74, 6) is 0.0754. The molecule has 1 aliphatic rings. The third-order valence-corrected chi connectivity index (χ3v) is 6.05. The molecule has 170 valence electrons. The van der Waals surface area contributed by atoms with Gasteiger partial charge in [-0.3, -0.25) is 4.79 Å². The molecule has 1 aliphatic heterocycles. The summed E-state index contributed by atoms with van der Waals surface area (Å²) in [6, 6.07) is 14.0. The van der Waals surface area contributed by atoms with Gasteiger partial charge in [0.1, 0.15) is 12.2 Å². The number of piperazine rings is 1. The summed E-state index contributed by atoms with van der Waals surface area (Å²) < 4.78 is 6.96. The molecule has 4 heterocycles. The molecule has 0 aliphatic carbocycles. The predicted octanol–water partition coefficient (Wildman–Crippen LogP) is 2.72. The smallest absolute Gasteiger partial charge is 0.316 e. The largest absolute Gasteiger partial charge is 0.467 e. The number of ether oxygens (including phenoxy) is 1. The second-order valence-corrected chi connectivity index (χ2v) is 8.03. The number of rotatable bonds is 5. The first-order valence-corrected chi connectivity index (χ1v) is 11.0. The van der Waals surface area contributed by atoms with Crippen LogP contribution in [-0.2, 0) is 11.3 Å². The third kappa shape index (κ3) is 4.13. The van der Waals surface area contributed by atoms with E-state index in [2.05, 4.69) is 25.9 Å². The van der Waals surface area contributed by atoms with Gasteiger partial charge < -0.3 is 19.1 Å². The topological polar surface area (TPSA) is 100 Å². The monoisotopic (exact) mass is 453 g/mol. The van der Waals surface area contributed by atoms with Crippen LogP contribution in [-0.4, -0.2) is 63.6 Å². The minimum Gasteiger partial charge on any atom is -0.467 e. The summed E-state index contributed by atoms with van der Waals surface area (Å²) in [4.78, 5) is 29.9. The average molecular weight is 454 g/mol. The maximum atomic E-state index is 13.0. The molecule has 34 heavy (non-hydrogen) atoms. The molecule has 5 rings (SSSR count). The van der Waals surface area contributed by atoms with Gasteiger partial charge in [0.2, 0.25) is 5.91 Å². The fourth-order valence-electron chi connectivity index (χ4n) is 4.26. The molecule has 1 aromatic carbocycles. The molecule has 1 fully saturated rings. The van der Waals surface area contributed by atoms with Crippen molar-refractivity contribution in [2.24, 2.45) is 0 Å². The molecule has 1 saturated heterocycles. The van der Waals surface area contributed by atoms with E-state index in [1.165, 1.54) is 7.11 Å². The van der Waals surface area contributed by atoms with Gasteiger partial charge in [-0.15, -0.1) is 0 Å². The first-order valence-electron chi connectivity index (χ1n) is 11.0. The number of carbonyl (C=O) groups is 1. The van der Waals surface area contributed by atoms with Crippen LogP contribution in [0.3, 0.4) is 0 Å². The molecule has 0 saturated carbocycles. The number of pyridine rings is 1. The molecule has 0 spiro atoms. The van der Waals surface area contributed by atoms with Crippen LogP contribution < -0.4 is 9.64 Å². The second-order valence-electron chi connectivity index (χ2n) is 8.03. The van der Waals surface area contributed by atoms with Gasteiger partial charge in [0.25, 0.3) is 0 Å². The Morgan fingerprint density at radius 3 is 2.62 bits per heavy atom. The lowest BCUT2D eigenvalue weighted by Crippen LogP contribution is -2.49. The number of anilines is 1. The maximum absolute atomic E-state index is 13.0. The predicted molar refractivity (Wildman–Crippen MR) is 127 cm³/mol. The van der Waals surface area contributed by atoms with Gasteiger partial charge in [0.15, 0.2) is 0 Å². The maximum Gasteiger partial charge on any atom is 0.316 e. The molecule has 0 bridgehead atoms. The van der Waals surface area contributed by atoms with Crippen molar-refractivity contribution >= 4 is 22.6 Å². The van der Waals surface area contributed by atoms with Crippen molar-refractivity contribution in [3.05, 3.63) is 66.7 Å². The Balaban J connectivity index is 1.31. The SMILES string of the molecule is COc1ncc(-c2cc(C#N)ccc2N2CCN(C(=O)Cn3ccc4cccnc43)CC2)cn1. The van der Waals surface area contributed by atoms with E-state index >= 15 is 0 Å². The highest BCUT2D eigenvalue weighted by molar-refractivity contribution is 5.82. The molecule has 0 atom stereocenters. The first-order chi connectivity index (χ1) is 16.7. The highest BCUT2D eigenvalue weighted by Gasteiger charge is 2.24. The van der Waals surface area contributed by atoms with Crippen LogP contribution in [0.15, 0.2) is 61.2 Å². The Morgan fingerprint density at radius 1 is 1.09 bits per heavy atom. The zero-order chi connectivity index (χ0) is 23.5. The van der Waals surface area contributed by atoms with Crippen LogP contribution in [0.1, 0.15) is 5.56 Å². The number of fused-ring (bicyclic) bond motifs is 1. The number of aromatic nitrogens is 4. The van der Waals surface area contributed by atoms with Crippen molar-refractivity contribution < 1.29 is 9.53 Å². The number of nitriles is 1. The number of hydrogen-bond donors (Lipinski definition) is 0. The van der Waals surface area contributed by atoms with Crippen molar-refractivity contribution in [3.63, 3.8) is 0 Å². The minimum absolute atomic E-state index is 0.0754. The van der Waals surface area contributed by atoms with Crippen LogP contribution in [0.4, 0.5) is 5.69 Å². The molecule has 9 heteroatoms. The van der Waals surface area contributed by atoms with Crippen LogP contribution in [0.25, 0.3) is 22.2 Å². The van der Waals surface area contributed by atoms with Crippen molar-refractivity contribution in [3.8, 4) is 23.2 Å². The van der Waals surface area contributed by atoms with Gasteiger partial charge >= 0.3 is 6.01 Å². The van der Waals surface area contributed by atoms with Gasteiger partial charge in [-0.05, 0) is 36.4 Å². The fourth-order valence-corrected chi connectivity index (χ4v) is 4.26. The Hall–Kier alpha value is -4.45. The number of methoxy groups -OCH3 is 1. The average Bonchev–Trinajstić information content (AvgIpc) is 3.31. The number of amides is 1. The van der Waals surface area contributed by atoms with Gasteiger partial charge in [-0.25, -0.2) is 15.0 Å². The van der Waals surface area contributed by atoms with Crippen molar-refractivity contribution in [1.82, 2.24) is 24.4 Å². The first kappa shape index (κ1) is 21.4. The van der Waals surface area contributed by atoms with Crippen LogP contribution in [0.5, 0.6) is 6.01 Å². The van der Waals surface area contributed by atoms with Crippen molar-refractivity contribution in [2.75, 3.05) is 38.2 Å². The van der Waals surface area contributed by atoms with E-state index in [0.717, 1.165) is 27.8 Å². The third-order valence-electron chi connectivity index (χ3n) is 6.05. The van der Waals surface area contributed by atoms with E-state index in [4.69, 9.17) is 4.74 Å².